The molecular weight excluding hydrogens is 380 g/mol. The molecule has 0 fully saturated rings. The molecule has 2 heterocycles. The Morgan fingerprint density at radius 1 is 0.967 bits per heavy atom. The summed E-state index contributed by atoms with van der Waals surface area (Å²) in [7, 11) is 1.62. The summed E-state index contributed by atoms with van der Waals surface area (Å²) in [5.41, 5.74) is 1.95. The lowest BCUT2D eigenvalue weighted by Gasteiger charge is -2.12. The largest absolute Gasteiger partial charge is 0.497 e. The van der Waals surface area contributed by atoms with Crippen molar-refractivity contribution in [2.24, 2.45) is 0 Å². The van der Waals surface area contributed by atoms with Crippen LogP contribution >= 0.6 is 0 Å². The van der Waals surface area contributed by atoms with Crippen LogP contribution in [0.3, 0.4) is 0 Å². The number of fused-ring (bicyclic) bond motifs is 1. The SMILES string of the molecule is C=CCn1c(=O)c2c(ncn2Cc2ccc(OC)cc2)n(Cc2ccccc2)c1=O. The fourth-order valence-electron chi connectivity index (χ4n) is 3.48. The number of allylic oxidation sites excluding steroid dienone is 1. The van der Waals surface area contributed by atoms with E-state index in [0.717, 1.165) is 16.9 Å². The van der Waals surface area contributed by atoms with E-state index in [0.29, 0.717) is 24.3 Å². The second-order valence-electron chi connectivity index (χ2n) is 6.95. The molecule has 2 aromatic carbocycles. The molecule has 0 radical (unpaired) electrons. The number of imidazole rings is 1. The van der Waals surface area contributed by atoms with Crippen LogP contribution < -0.4 is 16.0 Å². The highest BCUT2D eigenvalue weighted by atomic mass is 16.5. The highest BCUT2D eigenvalue weighted by Gasteiger charge is 2.18. The second kappa shape index (κ2) is 8.24. The summed E-state index contributed by atoms with van der Waals surface area (Å²) >= 11 is 0. The Labute approximate surface area is 173 Å². The van der Waals surface area contributed by atoms with Gasteiger partial charge in [0.05, 0.1) is 20.0 Å². The molecule has 0 N–H and O–H groups in total. The van der Waals surface area contributed by atoms with Crippen molar-refractivity contribution in [1.82, 2.24) is 18.7 Å². The molecule has 0 saturated carbocycles. The Morgan fingerprint density at radius 3 is 2.33 bits per heavy atom. The van der Waals surface area contributed by atoms with E-state index < -0.39 is 5.69 Å². The Morgan fingerprint density at radius 2 is 1.67 bits per heavy atom. The Kier molecular flexibility index (Phi) is 5.34. The van der Waals surface area contributed by atoms with Crippen LogP contribution in [-0.4, -0.2) is 25.8 Å². The molecule has 7 nitrogen and oxygen atoms in total. The smallest absolute Gasteiger partial charge is 0.333 e. The molecule has 4 aromatic rings. The monoisotopic (exact) mass is 402 g/mol. The molecule has 0 aliphatic heterocycles. The van der Waals surface area contributed by atoms with Crippen LogP contribution in [0.15, 0.2) is 83.2 Å². The third-order valence-electron chi connectivity index (χ3n) is 4.99. The highest BCUT2D eigenvalue weighted by molar-refractivity contribution is 5.70. The van der Waals surface area contributed by atoms with Gasteiger partial charge in [0.15, 0.2) is 11.2 Å². The van der Waals surface area contributed by atoms with Crippen LogP contribution in [-0.2, 0) is 19.6 Å². The van der Waals surface area contributed by atoms with E-state index in [1.807, 2.05) is 54.6 Å². The van der Waals surface area contributed by atoms with Crippen molar-refractivity contribution in [2.75, 3.05) is 7.11 Å². The Bertz CT molecular complexity index is 1300. The van der Waals surface area contributed by atoms with E-state index in [9.17, 15) is 9.59 Å². The van der Waals surface area contributed by atoms with E-state index in [1.165, 1.54) is 4.57 Å². The molecule has 0 saturated heterocycles. The van der Waals surface area contributed by atoms with Crippen LogP contribution in [0.2, 0.25) is 0 Å². The van der Waals surface area contributed by atoms with Gasteiger partial charge in [-0.2, -0.15) is 0 Å². The third kappa shape index (κ3) is 3.57. The van der Waals surface area contributed by atoms with Gasteiger partial charge in [-0.3, -0.25) is 13.9 Å². The van der Waals surface area contributed by atoms with Crippen LogP contribution in [0, 0.1) is 0 Å². The number of methoxy groups -OCH3 is 1. The van der Waals surface area contributed by atoms with Crippen molar-refractivity contribution >= 4 is 11.2 Å². The van der Waals surface area contributed by atoms with Gasteiger partial charge in [0.25, 0.3) is 5.56 Å². The van der Waals surface area contributed by atoms with Crippen molar-refractivity contribution in [3.8, 4) is 5.75 Å². The maximum atomic E-state index is 13.1. The average molecular weight is 402 g/mol. The lowest BCUT2D eigenvalue weighted by Crippen LogP contribution is -2.40. The number of nitrogens with zero attached hydrogens (tertiary/aromatic N) is 4. The Hall–Kier alpha value is -3.87. The molecule has 7 heteroatoms. The van der Waals surface area contributed by atoms with Gasteiger partial charge in [0, 0.05) is 13.1 Å². The standard InChI is InChI=1S/C23H22N4O3/c1-3-13-26-22(28)20-21(27(23(26)29)15-17-7-5-4-6-8-17)24-16-25(20)14-18-9-11-19(30-2)12-10-18/h3-12,16H,1,13-15H2,2H3. The number of benzene rings is 2. The number of hydrogen-bond donors (Lipinski definition) is 0. The third-order valence-corrected chi connectivity index (χ3v) is 4.99. The minimum atomic E-state index is -0.397. The van der Waals surface area contributed by atoms with E-state index in [-0.39, 0.29) is 12.1 Å². The summed E-state index contributed by atoms with van der Waals surface area (Å²) in [6, 6.07) is 17.2. The average Bonchev–Trinajstić information content (AvgIpc) is 3.19. The molecule has 0 atom stereocenters. The van der Waals surface area contributed by atoms with Gasteiger partial charge in [0.1, 0.15) is 5.75 Å². The fourth-order valence-corrected chi connectivity index (χ4v) is 3.48. The highest BCUT2D eigenvalue weighted by Crippen LogP contribution is 2.15. The first-order valence-corrected chi connectivity index (χ1v) is 9.58. The predicted molar refractivity (Wildman–Crippen MR) is 116 cm³/mol. The van der Waals surface area contributed by atoms with Crippen LogP contribution in [0.25, 0.3) is 11.2 Å². The first-order valence-electron chi connectivity index (χ1n) is 9.58. The quantitative estimate of drug-likeness (QED) is 0.446. The maximum absolute atomic E-state index is 13.1. The number of ether oxygens (including phenoxy) is 1. The first kappa shape index (κ1) is 19.4. The molecule has 0 aliphatic carbocycles. The number of rotatable bonds is 7. The minimum Gasteiger partial charge on any atom is -0.497 e. The topological polar surface area (TPSA) is 71.0 Å². The minimum absolute atomic E-state index is 0.135. The van der Waals surface area contributed by atoms with E-state index in [2.05, 4.69) is 11.6 Å². The van der Waals surface area contributed by atoms with Gasteiger partial charge < -0.3 is 9.30 Å². The Balaban J connectivity index is 1.86. The summed E-state index contributed by atoms with van der Waals surface area (Å²) in [6.45, 7) is 4.60. The van der Waals surface area contributed by atoms with Crippen LogP contribution in [0.1, 0.15) is 11.1 Å². The molecule has 0 unspecified atom stereocenters. The lowest BCUT2D eigenvalue weighted by molar-refractivity contribution is 0.414. The predicted octanol–water partition coefficient (Wildman–Crippen LogP) is 2.65. The van der Waals surface area contributed by atoms with E-state index >= 15 is 0 Å². The zero-order valence-corrected chi connectivity index (χ0v) is 16.7. The molecule has 30 heavy (non-hydrogen) atoms. The summed E-state index contributed by atoms with van der Waals surface area (Å²) in [4.78, 5) is 30.6. The zero-order valence-electron chi connectivity index (χ0n) is 16.7. The number of hydrogen-bond acceptors (Lipinski definition) is 4. The fraction of sp³-hybridized carbons (Fsp3) is 0.174. The molecule has 2 aromatic heterocycles. The summed E-state index contributed by atoms with van der Waals surface area (Å²) in [6.07, 6.45) is 3.15. The van der Waals surface area contributed by atoms with Crippen molar-refractivity contribution in [3.63, 3.8) is 0 Å². The van der Waals surface area contributed by atoms with Crippen molar-refractivity contribution < 1.29 is 4.74 Å². The normalized spacial score (nSPS) is 11.0. The van der Waals surface area contributed by atoms with E-state index in [1.54, 1.807) is 28.6 Å². The van der Waals surface area contributed by atoms with E-state index in [4.69, 9.17) is 4.74 Å². The molecule has 0 spiro atoms. The van der Waals surface area contributed by atoms with Gasteiger partial charge in [0.2, 0.25) is 0 Å². The van der Waals surface area contributed by atoms with Gasteiger partial charge in [-0.15, -0.1) is 6.58 Å². The lowest BCUT2D eigenvalue weighted by atomic mass is 10.2. The van der Waals surface area contributed by atoms with Gasteiger partial charge in [-0.1, -0.05) is 48.5 Å². The maximum Gasteiger partial charge on any atom is 0.333 e. The van der Waals surface area contributed by atoms with Gasteiger partial charge in [-0.25, -0.2) is 9.78 Å². The summed E-state index contributed by atoms with van der Waals surface area (Å²) in [5, 5.41) is 0. The molecule has 4 rings (SSSR count). The van der Waals surface area contributed by atoms with Gasteiger partial charge >= 0.3 is 5.69 Å². The van der Waals surface area contributed by atoms with Crippen molar-refractivity contribution in [1.29, 1.82) is 0 Å². The zero-order chi connectivity index (χ0) is 21.1. The van der Waals surface area contributed by atoms with Gasteiger partial charge in [-0.05, 0) is 23.3 Å². The van der Waals surface area contributed by atoms with Crippen LogP contribution in [0.4, 0.5) is 0 Å². The second-order valence-corrected chi connectivity index (χ2v) is 6.95. The first-order chi connectivity index (χ1) is 14.6. The van der Waals surface area contributed by atoms with Crippen molar-refractivity contribution in [3.05, 3.63) is 106 Å². The van der Waals surface area contributed by atoms with Crippen LogP contribution in [0.5, 0.6) is 5.75 Å². The number of aromatic nitrogens is 4. The summed E-state index contributed by atoms with van der Waals surface area (Å²) < 4.78 is 9.72. The molecule has 0 aliphatic rings. The molecule has 0 bridgehead atoms. The van der Waals surface area contributed by atoms with Crippen molar-refractivity contribution in [2.45, 2.75) is 19.6 Å². The molecule has 152 valence electrons. The summed E-state index contributed by atoms with van der Waals surface area (Å²) in [5.74, 6) is 0.763. The molecule has 0 amide bonds. The molecular formula is C23H22N4O3.